The van der Waals surface area contributed by atoms with Crippen LogP contribution >= 0.6 is 11.8 Å². The van der Waals surface area contributed by atoms with Gasteiger partial charge in [-0.1, -0.05) is 17.8 Å². The van der Waals surface area contributed by atoms with Gasteiger partial charge in [0.15, 0.2) is 5.50 Å². The Balaban J connectivity index is 1.28. The molecule has 1 aromatic carbocycles. The van der Waals surface area contributed by atoms with Crippen molar-refractivity contribution in [1.29, 1.82) is 0 Å². The van der Waals surface area contributed by atoms with Crippen LogP contribution in [0.25, 0.3) is 0 Å². The first-order valence-corrected chi connectivity index (χ1v) is 14.1. The standard InChI is InChI=1S/C27H40N8O5S/c1-17-5-7-21(26(38)33-27-31-18(2)19(3)41-27)22(13-17)32-24(36)9-10-39-11-12-40-34-25(37)15-35(4)16-30-20-6-8-23(28)29-14-20/h5-8,13-14,23,27,29-31H,9-12,15-16,28H2,1-4H3,(H,32,36)(H,33,38)(H,34,37). The smallest absolute Gasteiger partial charge is 0.257 e. The number of allylic oxidation sites excluding steroid dienone is 3. The maximum Gasteiger partial charge on any atom is 0.257 e. The van der Waals surface area contributed by atoms with Crippen LogP contribution in [0, 0.1) is 6.92 Å². The first-order valence-electron chi connectivity index (χ1n) is 13.2. The second-order valence-electron chi connectivity index (χ2n) is 9.63. The van der Waals surface area contributed by atoms with Crippen LogP contribution in [0.3, 0.4) is 0 Å². The predicted molar refractivity (Wildman–Crippen MR) is 159 cm³/mol. The van der Waals surface area contributed by atoms with Crippen LogP contribution < -0.4 is 37.8 Å². The first-order chi connectivity index (χ1) is 19.6. The highest BCUT2D eigenvalue weighted by Crippen LogP contribution is 2.28. The molecule has 8 N–H and O–H groups in total. The SMILES string of the molecule is CC1=C(C)SC(NC(=O)c2ccc(C)cc2NC(=O)CCOCCONC(=O)CN(C)CNC2=CNC(N)C=C2)N1. The zero-order valence-electron chi connectivity index (χ0n) is 23.8. The van der Waals surface area contributed by atoms with Crippen molar-refractivity contribution in [2.75, 3.05) is 45.4 Å². The topological polar surface area (TPSA) is 171 Å². The molecule has 3 rings (SSSR count). The van der Waals surface area contributed by atoms with Crippen LogP contribution in [0.2, 0.25) is 0 Å². The summed E-state index contributed by atoms with van der Waals surface area (Å²) in [5, 5.41) is 15.1. The quantitative estimate of drug-likeness (QED) is 0.0876. The Morgan fingerprint density at radius 2 is 1.93 bits per heavy atom. The monoisotopic (exact) mass is 588 g/mol. The van der Waals surface area contributed by atoms with E-state index in [1.807, 2.05) is 39.0 Å². The van der Waals surface area contributed by atoms with Crippen molar-refractivity contribution in [1.82, 2.24) is 31.6 Å². The lowest BCUT2D eigenvalue weighted by Crippen LogP contribution is -2.41. The van der Waals surface area contributed by atoms with Gasteiger partial charge in [0, 0.05) is 16.8 Å². The number of carbonyl (C=O) groups excluding carboxylic acids is 3. The van der Waals surface area contributed by atoms with E-state index in [0.29, 0.717) is 17.9 Å². The van der Waals surface area contributed by atoms with Crippen molar-refractivity contribution < 1.29 is 24.0 Å². The van der Waals surface area contributed by atoms with Crippen molar-refractivity contribution >= 4 is 35.2 Å². The van der Waals surface area contributed by atoms with E-state index in [-0.39, 0.29) is 62.2 Å². The molecule has 2 aliphatic heterocycles. The number of thioether (sulfide) groups is 1. The summed E-state index contributed by atoms with van der Waals surface area (Å²) in [5.74, 6) is -0.869. The molecule has 0 aromatic heterocycles. The van der Waals surface area contributed by atoms with Gasteiger partial charge < -0.3 is 37.1 Å². The molecule has 14 heteroatoms. The number of hydrogen-bond acceptors (Lipinski definition) is 11. The molecule has 0 aliphatic carbocycles. The number of nitrogens with zero attached hydrogens (tertiary/aromatic N) is 1. The van der Waals surface area contributed by atoms with E-state index in [2.05, 4.69) is 32.1 Å². The second-order valence-corrected chi connectivity index (χ2v) is 10.9. The van der Waals surface area contributed by atoms with E-state index in [0.717, 1.165) is 21.9 Å². The fourth-order valence-corrected chi connectivity index (χ4v) is 4.68. The number of likely N-dealkylation sites (N-methyl/N-ethyl adjacent to an activating group) is 1. The molecule has 0 radical (unpaired) electrons. The third-order valence-corrected chi connectivity index (χ3v) is 7.13. The highest BCUT2D eigenvalue weighted by atomic mass is 32.2. The number of hydrogen-bond donors (Lipinski definition) is 7. The van der Waals surface area contributed by atoms with Gasteiger partial charge in [0.1, 0.15) is 0 Å². The van der Waals surface area contributed by atoms with E-state index in [4.69, 9.17) is 15.3 Å². The number of hydroxylamine groups is 1. The largest absolute Gasteiger partial charge is 0.378 e. The van der Waals surface area contributed by atoms with Gasteiger partial charge in [-0.3, -0.25) is 24.1 Å². The van der Waals surface area contributed by atoms with Crippen LogP contribution in [0.1, 0.15) is 36.2 Å². The third kappa shape index (κ3) is 11.1. The molecular formula is C27H40N8O5S. The summed E-state index contributed by atoms with van der Waals surface area (Å²) >= 11 is 1.54. The maximum atomic E-state index is 12.9. The number of nitrogens with one attached hydrogen (secondary N) is 6. The maximum absolute atomic E-state index is 12.9. The fraction of sp³-hybridized carbons (Fsp3) is 0.444. The summed E-state index contributed by atoms with van der Waals surface area (Å²) < 4.78 is 5.45. The Hall–Kier alpha value is -3.56. The zero-order chi connectivity index (χ0) is 29.8. The minimum Gasteiger partial charge on any atom is -0.378 e. The van der Waals surface area contributed by atoms with E-state index in [9.17, 15) is 14.4 Å². The third-order valence-electron chi connectivity index (χ3n) is 6.00. The molecule has 0 fully saturated rings. The van der Waals surface area contributed by atoms with Gasteiger partial charge in [-0.05, 0) is 57.7 Å². The molecule has 2 unspecified atom stereocenters. The highest BCUT2D eigenvalue weighted by Gasteiger charge is 2.23. The number of amides is 3. The number of nitrogens with two attached hydrogens (primary N) is 1. The number of rotatable bonds is 15. The Morgan fingerprint density at radius 1 is 1.12 bits per heavy atom. The summed E-state index contributed by atoms with van der Waals surface area (Å²) in [5.41, 5.74) is 11.4. The zero-order valence-corrected chi connectivity index (χ0v) is 24.7. The normalized spacial score (nSPS) is 18.0. The van der Waals surface area contributed by atoms with Crippen molar-refractivity contribution in [3.63, 3.8) is 0 Å². The number of benzene rings is 1. The molecule has 0 saturated carbocycles. The predicted octanol–water partition coefficient (Wildman–Crippen LogP) is 0.754. The lowest BCUT2D eigenvalue weighted by molar-refractivity contribution is -0.135. The minimum absolute atomic E-state index is 0.0918. The number of anilines is 1. The minimum atomic E-state index is -0.302. The number of carbonyl (C=O) groups is 3. The van der Waals surface area contributed by atoms with Gasteiger partial charge in [0.05, 0.1) is 62.6 Å². The molecule has 0 saturated heterocycles. The molecule has 0 bridgehead atoms. The molecule has 2 atom stereocenters. The van der Waals surface area contributed by atoms with Gasteiger partial charge in [-0.15, -0.1) is 0 Å². The molecule has 2 aliphatic rings. The first kappa shape index (κ1) is 32.0. The molecular weight excluding hydrogens is 548 g/mol. The molecule has 224 valence electrons. The van der Waals surface area contributed by atoms with Gasteiger partial charge in [-0.2, -0.15) is 0 Å². The average Bonchev–Trinajstić information content (AvgIpc) is 3.23. The van der Waals surface area contributed by atoms with Crippen LogP contribution in [0.5, 0.6) is 0 Å². The molecule has 13 nitrogen and oxygen atoms in total. The summed E-state index contributed by atoms with van der Waals surface area (Å²) in [6, 6.07) is 5.29. The van der Waals surface area contributed by atoms with E-state index >= 15 is 0 Å². The van der Waals surface area contributed by atoms with Crippen molar-refractivity contribution in [3.8, 4) is 0 Å². The van der Waals surface area contributed by atoms with Crippen molar-refractivity contribution in [2.24, 2.45) is 5.73 Å². The molecule has 2 heterocycles. The number of dihydropyridines is 1. The lowest BCUT2D eigenvalue weighted by atomic mass is 10.1. The summed E-state index contributed by atoms with van der Waals surface area (Å²) in [4.78, 5) is 45.5. The van der Waals surface area contributed by atoms with E-state index < -0.39 is 0 Å². The molecule has 1 aromatic rings. The molecule has 3 amide bonds. The van der Waals surface area contributed by atoms with E-state index in [1.54, 1.807) is 30.3 Å². The van der Waals surface area contributed by atoms with Crippen molar-refractivity contribution in [2.45, 2.75) is 38.9 Å². The molecule has 41 heavy (non-hydrogen) atoms. The summed E-state index contributed by atoms with van der Waals surface area (Å²) in [6.45, 7) is 6.89. The average molecular weight is 589 g/mol. The second kappa shape index (κ2) is 16.0. The Bertz CT molecular complexity index is 1170. The van der Waals surface area contributed by atoms with E-state index in [1.165, 1.54) is 11.8 Å². The van der Waals surface area contributed by atoms with Gasteiger partial charge in [0.2, 0.25) is 5.91 Å². The van der Waals surface area contributed by atoms with Crippen LogP contribution in [-0.4, -0.2) is 74.4 Å². The van der Waals surface area contributed by atoms with Gasteiger partial charge >= 0.3 is 0 Å². The van der Waals surface area contributed by atoms with Gasteiger partial charge in [-0.25, -0.2) is 5.48 Å². The van der Waals surface area contributed by atoms with Crippen LogP contribution in [0.4, 0.5) is 5.69 Å². The fourth-order valence-electron chi connectivity index (χ4n) is 3.69. The Labute approximate surface area is 244 Å². The number of aryl methyl sites for hydroxylation is 1. The van der Waals surface area contributed by atoms with Crippen molar-refractivity contribution in [3.05, 3.63) is 64.0 Å². The Kier molecular flexibility index (Phi) is 12.5. The summed E-state index contributed by atoms with van der Waals surface area (Å²) in [6.07, 6.45) is 5.37. The highest BCUT2D eigenvalue weighted by molar-refractivity contribution is 8.03. The van der Waals surface area contributed by atoms with Gasteiger partial charge in [0.25, 0.3) is 11.8 Å². The summed E-state index contributed by atoms with van der Waals surface area (Å²) in [7, 11) is 1.80. The van der Waals surface area contributed by atoms with Crippen LogP contribution in [-0.2, 0) is 19.2 Å². The van der Waals surface area contributed by atoms with Crippen LogP contribution in [0.15, 0.2) is 52.9 Å². The molecule has 0 spiro atoms. The Morgan fingerprint density at radius 3 is 2.63 bits per heavy atom. The lowest BCUT2D eigenvalue weighted by Gasteiger charge is -2.20. The number of ether oxygens (including phenoxy) is 1.